The van der Waals surface area contributed by atoms with Crippen molar-refractivity contribution in [2.24, 2.45) is 0 Å². The maximum atomic E-state index is 14.0. The SMILES string of the molecule is O=C(CN(Cc1ccccc1)Cc1ccco1)N1CCN(S(=O)(=O)c2ccccc2F)CC1. The molecule has 0 aliphatic carbocycles. The van der Waals surface area contributed by atoms with E-state index < -0.39 is 15.8 Å². The molecule has 2 aromatic carbocycles. The minimum Gasteiger partial charge on any atom is -0.468 e. The van der Waals surface area contributed by atoms with E-state index in [1.807, 2.05) is 47.4 Å². The molecule has 1 aliphatic rings. The Bertz CT molecular complexity index is 1160. The summed E-state index contributed by atoms with van der Waals surface area (Å²) in [5, 5.41) is 0. The van der Waals surface area contributed by atoms with E-state index in [4.69, 9.17) is 4.42 Å². The number of halogens is 1. The van der Waals surface area contributed by atoms with Crippen LogP contribution < -0.4 is 0 Å². The van der Waals surface area contributed by atoms with Gasteiger partial charge in [-0.15, -0.1) is 0 Å². The topological polar surface area (TPSA) is 74.1 Å². The molecule has 1 aliphatic heterocycles. The van der Waals surface area contributed by atoms with Crippen molar-refractivity contribution in [3.8, 4) is 0 Å². The normalized spacial score (nSPS) is 15.2. The predicted octanol–water partition coefficient (Wildman–Crippen LogP) is 2.95. The van der Waals surface area contributed by atoms with Crippen LogP contribution in [0.3, 0.4) is 0 Å². The van der Waals surface area contributed by atoms with Crippen LogP contribution in [0.4, 0.5) is 4.39 Å². The maximum absolute atomic E-state index is 14.0. The van der Waals surface area contributed by atoms with Crippen LogP contribution in [0.5, 0.6) is 0 Å². The van der Waals surface area contributed by atoms with Gasteiger partial charge in [-0.25, -0.2) is 12.8 Å². The Balaban J connectivity index is 1.39. The van der Waals surface area contributed by atoms with Gasteiger partial charge >= 0.3 is 0 Å². The molecule has 1 amide bonds. The van der Waals surface area contributed by atoms with Gasteiger partial charge in [0.05, 0.1) is 19.4 Å². The van der Waals surface area contributed by atoms with Crippen molar-refractivity contribution < 1.29 is 22.0 Å². The number of benzene rings is 2. The first kappa shape index (κ1) is 23.2. The van der Waals surface area contributed by atoms with Crippen molar-refractivity contribution in [2.45, 2.75) is 18.0 Å². The summed E-state index contributed by atoms with van der Waals surface area (Å²) < 4.78 is 46.4. The Morgan fingerprint density at radius 1 is 0.909 bits per heavy atom. The monoisotopic (exact) mass is 471 g/mol. The first-order valence-electron chi connectivity index (χ1n) is 10.7. The number of carbonyl (C=O) groups is 1. The fraction of sp³-hybridized carbons (Fsp3) is 0.292. The van der Waals surface area contributed by atoms with E-state index in [1.165, 1.54) is 22.5 Å². The number of hydrogen-bond donors (Lipinski definition) is 0. The van der Waals surface area contributed by atoms with Crippen LogP contribution >= 0.6 is 0 Å². The van der Waals surface area contributed by atoms with Crippen LogP contribution in [0, 0.1) is 5.82 Å². The highest BCUT2D eigenvalue weighted by Crippen LogP contribution is 2.20. The summed E-state index contributed by atoms with van der Waals surface area (Å²) in [5.74, 6) is -0.0922. The number of piperazine rings is 1. The number of sulfonamides is 1. The van der Waals surface area contributed by atoms with E-state index in [2.05, 4.69) is 0 Å². The molecule has 3 aromatic rings. The van der Waals surface area contributed by atoms with E-state index in [1.54, 1.807) is 11.2 Å². The Kier molecular flexibility index (Phi) is 7.22. The van der Waals surface area contributed by atoms with Gasteiger partial charge in [0, 0.05) is 32.7 Å². The highest BCUT2D eigenvalue weighted by molar-refractivity contribution is 7.89. The fourth-order valence-corrected chi connectivity index (χ4v) is 5.38. The molecule has 1 fully saturated rings. The number of nitrogens with zero attached hydrogens (tertiary/aromatic N) is 3. The average molecular weight is 472 g/mol. The molecule has 0 spiro atoms. The second kappa shape index (κ2) is 10.3. The van der Waals surface area contributed by atoms with Crippen LogP contribution in [-0.2, 0) is 27.9 Å². The lowest BCUT2D eigenvalue weighted by Crippen LogP contribution is -2.52. The minimum atomic E-state index is -3.94. The van der Waals surface area contributed by atoms with Gasteiger partial charge in [-0.05, 0) is 29.8 Å². The molecule has 1 saturated heterocycles. The van der Waals surface area contributed by atoms with Crippen molar-refractivity contribution in [1.82, 2.24) is 14.1 Å². The number of rotatable bonds is 8. The molecule has 174 valence electrons. The lowest BCUT2D eigenvalue weighted by molar-refractivity contribution is -0.134. The number of carbonyl (C=O) groups excluding carboxylic acids is 1. The fourth-order valence-electron chi connectivity index (χ4n) is 3.89. The van der Waals surface area contributed by atoms with Crippen LogP contribution in [0.25, 0.3) is 0 Å². The van der Waals surface area contributed by atoms with Gasteiger partial charge < -0.3 is 9.32 Å². The summed E-state index contributed by atoms with van der Waals surface area (Å²) in [4.78, 5) is 16.4. The third-order valence-corrected chi connectivity index (χ3v) is 7.55. The van der Waals surface area contributed by atoms with Crippen molar-refractivity contribution >= 4 is 15.9 Å². The summed E-state index contributed by atoms with van der Waals surface area (Å²) >= 11 is 0. The molecule has 0 radical (unpaired) electrons. The summed E-state index contributed by atoms with van der Waals surface area (Å²) in [6, 6.07) is 18.9. The van der Waals surface area contributed by atoms with Gasteiger partial charge in [0.1, 0.15) is 16.5 Å². The third-order valence-electron chi connectivity index (χ3n) is 5.61. The van der Waals surface area contributed by atoms with Gasteiger partial charge in [0.15, 0.2) is 0 Å². The quantitative estimate of drug-likeness (QED) is 0.505. The minimum absolute atomic E-state index is 0.0829. The highest BCUT2D eigenvalue weighted by Gasteiger charge is 2.32. The zero-order valence-corrected chi connectivity index (χ0v) is 19.0. The van der Waals surface area contributed by atoms with Crippen LogP contribution in [0.2, 0.25) is 0 Å². The number of hydrogen-bond acceptors (Lipinski definition) is 5. The summed E-state index contributed by atoms with van der Waals surface area (Å²) in [6.45, 7) is 2.00. The van der Waals surface area contributed by atoms with Crippen molar-refractivity contribution in [3.63, 3.8) is 0 Å². The summed E-state index contributed by atoms with van der Waals surface area (Å²) in [5.41, 5.74) is 1.08. The average Bonchev–Trinajstić information content (AvgIpc) is 3.33. The summed E-state index contributed by atoms with van der Waals surface area (Å²) in [7, 11) is -3.94. The first-order valence-corrected chi connectivity index (χ1v) is 12.2. The van der Waals surface area contributed by atoms with Crippen LogP contribution in [0.15, 0.2) is 82.3 Å². The molecule has 0 saturated carbocycles. The molecule has 7 nitrogen and oxygen atoms in total. The molecule has 0 bridgehead atoms. The van der Waals surface area contributed by atoms with Gasteiger partial charge in [-0.3, -0.25) is 9.69 Å². The second-order valence-corrected chi connectivity index (χ2v) is 9.83. The van der Waals surface area contributed by atoms with E-state index in [9.17, 15) is 17.6 Å². The first-order chi connectivity index (χ1) is 15.9. The zero-order chi connectivity index (χ0) is 23.3. The largest absolute Gasteiger partial charge is 0.468 e. The predicted molar refractivity (Wildman–Crippen MR) is 121 cm³/mol. The van der Waals surface area contributed by atoms with Gasteiger partial charge in [0.25, 0.3) is 0 Å². The summed E-state index contributed by atoms with van der Waals surface area (Å²) in [6.07, 6.45) is 1.60. The lowest BCUT2D eigenvalue weighted by atomic mass is 10.2. The molecular formula is C24H26FN3O4S. The molecule has 0 unspecified atom stereocenters. The number of furan rings is 1. The van der Waals surface area contributed by atoms with Gasteiger partial charge in [-0.2, -0.15) is 4.31 Å². The molecule has 33 heavy (non-hydrogen) atoms. The van der Waals surface area contributed by atoms with Crippen LogP contribution in [0.1, 0.15) is 11.3 Å². The Labute approximate surface area is 193 Å². The van der Waals surface area contributed by atoms with Crippen LogP contribution in [-0.4, -0.2) is 61.2 Å². The van der Waals surface area contributed by atoms with E-state index in [0.717, 1.165) is 17.4 Å². The van der Waals surface area contributed by atoms with E-state index in [0.29, 0.717) is 13.1 Å². The lowest BCUT2D eigenvalue weighted by Gasteiger charge is -2.35. The van der Waals surface area contributed by atoms with Crippen molar-refractivity contribution in [1.29, 1.82) is 0 Å². The third kappa shape index (κ3) is 5.68. The van der Waals surface area contributed by atoms with Crippen molar-refractivity contribution in [3.05, 3.63) is 90.1 Å². The Morgan fingerprint density at radius 3 is 2.27 bits per heavy atom. The Hall–Kier alpha value is -3.01. The molecule has 0 N–H and O–H groups in total. The Morgan fingerprint density at radius 2 is 1.61 bits per heavy atom. The van der Waals surface area contributed by atoms with Gasteiger partial charge in [-0.1, -0.05) is 42.5 Å². The number of amides is 1. The smallest absolute Gasteiger partial charge is 0.246 e. The van der Waals surface area contributed by atoms with E-state index in [-0.39, 0.29) is 43.5 Å². The molecule has 4 rings (SSSR count). The molecule has 9 heteroatoms. The molecule has 2 heterocycles. The van der Waals surface area contributed by atoms with Crippen molar-refractivity contribution in [2.75, 3.05) is 32.7 Å². The maximum Gasteiger partial charge on any atom is 0.246 e. The highest BCUT2D eigenvalue weighted by atomic mass is 32.2. The standard InChI is InChI=1S/C24H26FN3O4S/c25-22-10-4-5-11-23(22)33(30,31)28-14-12-27(13-15-28)24(29)19-26(18-21-9-6-16-32-21)17-20-7-2-1-3-8-20/h1-11,16H,12-15,17-19H2. The molecule has 0 atom stereocenters. The second-order valence-electron chi connectivity index (χ2n) is 7.93. The van der Waals surface area contributed by atoms with E-state index >= 15 is 0 Å². The zero-order valence-electron chi connectivity index (χ0n) is 18.1. The molecule has 1 aromatic heterocycles. The van der Waals surface area contributed by atoms with Gasteiger partial charge in [0.2, 0.25) is 15.9 Å². The molecular weight excluding hydrogens is 445 g/mol.